The van der Waals surface area contributed by atoms with E-state index in [1.165, 1.54) is 11.8 Å². The second-order valence-corrected chi connectivity index (χ2v) is 6.18. The van der Waals surface area contributed by atoms with Crippen molar-refractivity contribution in [2.45, 2.75) is 19.9 Å². The highest BCUT2D eigenvalue weighted by Crippen LogP contribution is 2.40. The Balaban J connectivity index is 2.12. The van der Waals surface area contributed by atoms with Crippen molar-refractivity contribution in [2.75, 3.05) is 12.0 Å². The monoisotopic (exact) mass is 337 g/mol. The summed E-state index contributed by atoms with van der Waals surface area (Å²) >= 11 is 0. The first kappa shape index (κ1) is 16.9. The predicted molar refractivity (Wildman–Crippen MR) is 93.6 cm³/mol. The van der Waals surface area contributed by atoms with Crippen LogP contribution in [0.5, 0.6) is 5.75 Å². The molecule has 0 aromatic heterocycles. The summed E-state index contributed by atoms with van der Waals surface area (Å²) in [5.41, 5.74) is 2.38. The molecule has 128 valence electrons. The Kier molecular flexibility index (Phi) is 4.40. The molecule has 5 heteroatoms. The van der Waals surface area contributed by atoms with Crippen LogP contribution in [0.25, 0.3) is 0 Å². The molecule has 1 fully saturated rings. The lowest BCUT2D eigenvalue weighted by atomic mass is 9.90. The van der Waals surface area contributed by atoms with E-state index in [2.05, 4.69) is 0 Å². The van der Waals surface area contributed by atoms with Crippen molar-refractivity contribution in [1.82, 2.24) is 0 Å². The Labute approximate surface area is 146 Å². The Hall–Kier alpha value is -2.95. The molecule has 25 heavy (non-hydrogen) atoms. The molecular weight excluding hydrogens is 318 g/mol. The van der Waals surface area contributed by atoms with Crippen molar-refractivity contribution >= 4 is 23.2 Å². The average Bonchev–Trinajstić information content (AvgIpc) is 2.87. The smallest absolute Gasteiger partial charge is 0.295 e. The second kappa shape index (κ2) is 6.51. The number of nitrogens with zero attached hydrogens (tertiary/aromatic N) is 1. The summed E-state index contributed by atoms with van der Waals surface area (Å²) in [5.74, 6) is -1.95. The maximum Gasteiger partial charge on any atom is 0.295 e. The lowest BCUT2D eigenvalue weighted by molar-refractivity contribution is -0.138. The van der Waals surface area contributed by atoms with Crippen molar-refractivity contribution in [2.24, 2.45) is 5.92 Å². The van der Waals surface area contributed by atoms with Crippen LogP contribution in [0.2, 0.25) is 0 Å². The summed E-state index contributed by atoms with van der Waals surface area (Å²) in [4.78, 5) is 38.6. The summed E-state index contributed by atoms with van der Waals surface area (Å²) in [6, 6.07) is 13.8. The molecule has 0 radical (unpaired) electrons. The molecule has 1 heterocycles. The molecule has 2 aromatic carbocycles. The molecule has 0 aliphatic carbocycles. The first-order valence-corrected chi connectivity index (χ1v) is 8.02. The molecule has 2 atom stereocenters. The zero-order valence-corrected chi connectivity index (χ0v) is 14.4. The third-order valence-electron chi connectivity index (χ3n) is 4.51. The van der Waals surface area contributed by atoms with Crippen LogP contribution < -0.4 is 9.64 Å². The molecule has 1 aliphatic rings. The fraction of sp³-hybridized carbons (Fsp3) is 0.250. The number of hydrogen-bond acceptors (Lipinski definition) is 4. The number of hydrogen-bond donors (Lipinski definition) is 0. The van der Waals surface area contributed by atoms with E-state index in [-0.39, 0.29) is 5.78 Å². The number of rotatable bonds is 4. The molecule has 0 saturated carbocycles. The van der Waals surface area contributed by atoms with Gasteiger partial charge in [0.1, 0.15) is 17.5 Å². The SMILES string of the molecule is COc1ccc(C2C(C(C)=O)C(=O)C(=O)N2c2ccc(C)cc2)cc1. The second-order valence-electron chi connectivity index (χ2n) is 6.18. The van der Waals surface area contributed by atoms with E-state index in [9.17, 15) is 14.4 Å². The summed E-state index contributed by atoms with van der Waals surface area (Å²) in [6.07, 6.45) is 0. The summed E-state index contributed by atoms with van der Waals surface area (Å²) in [7, 11) is 1.56. The van der Waals surface area contributed by atoms with E-state index < -0.39 is 23.7 Å². The van der Waals surface area contributed by atoms with Gasteiger partial charge in [-0.1, -0.05) is 29.8 Å². The topological polar surface area (TPSA) is 63.7 Å². The Morgan fingerprint density at radius 1 is 1.00 bits per heavy atom. The summed E-state index contributed by atoms with van der Waals surface area (Å²) in [5, 5.41) is 0. The van der Waals surface area contributed by atoms with Crippen LogP contribution in [0.15, 0.2) is 48.5 Å². The first-order valence-electron chi connectivity index (χ1n) is 8.02. The van der Waals surface area contributed by atoms with Crippen molar-refractivity contribution in [3.63, 3.8) is 0 Å². The van der Waals surface area contributed by atoms with E-state index in [4.69, 9.17) is 4.74 Å². The van der Waals surface area contributed by atoms with E-state index in [1.807, 2.05) is 19.1 Å². The largest absolute Gasteiger partial charge is 0.497 e. The quantitative estimate of drug-likeness (QED) is 0.636. The highest BCUT2D eigenvalue weighted by atomic mass is 16.5. The molecule has 5 nitrogen and oxygen atoms in total. The van der Waals surface area contributed by atoms with Gasteiger partial charge in [-0.05, 0) is 43.7 Å². The van der Waals surface area contributed by atoms with Gasteiger partial charge >= 0.3 is 0 Å². The van der Waals surface area contributed by atoms with Gasteiger partial charge in [-0.3, -0.25) is 19.3 Å². The number of ether oxygens (including phenoxy) is 1. The molecule has 1 saturated heterocycles. The van der Waals surface area contributed by atoms with Gasteiger partial charge < -0.3 is 4.74 Å². The maximum absolute atomic E-state index is 12.6. The molecule has 0 bridgehead atoms. The minimum Gasteiger partial charge on any atom is -0.497 e. The average molecular weight is 337 g/mol. The van der Waals surface area contributed by atoms with Crippen LogP contribution in [0.1, 0.15) is 24.1 Å². The Morgan fingerprint density at radius 3 is 2.12 bits per heavy atom. The number of anilines is 1. The number of methoxy groups -OCH3 is 1. The molecule has 1 aliphatic heterocycles. The van der Waals surface area contributed by atoms with Gasteiger partial charge in [-0.2, -0.15) is 0 Å². The van der Waals surface area contributed by atoms with Crippen LogP contribution >= 0.6 is 0 Å². The molecule has 1 amide bonds. The van der Waals surface area contributed by atoms with Crippen LogP contribution in [0, 0.1) is 12.8 Å². The number of Topliss-reactive ketones (excluding diaryl/α,β-unsaturated/α-hetero) is 2. The van der Waals surface area contributed by atoms with Gasteiger partial charge in [-0.15, -0.1) is 0 Å². The van der Waals surface area contributed by atoms with Gasteiger partial charge in [0.25, 0.3) is 5.91 Å². The Morgan fingerprint density at radius 2 is 1.60 bits per heavy atom. The number of carbonyl (C=O) groups is 3. The highest BCUT2D eigenvalue weighted by Gasteiger charge is 2.50. The standard InChI is InChI=1S/C20H19NO4/c1-12-4-8-15(9-5-12)21-18(14-6-10-16(25-3)11-7-14)17(13(2)22)19(23)20(21)24/h4-11,17-18H,1-3H3. The van der Waals surface area contributed by atoms with Gasteiger partial charge in [0, 0.05) is 5.69 Å². The predicted octanol–water partition coefficient (Wildman–Crippen LogP) is 2.87. The van der Waals surface area contributed by atoms with E-state index >= 15 is 0 Å². The van der Waals surface area contributed by atoms with Crippen LogP contribution in [0.4, 0.5) is 5.69 Å². The molecule has 3 rings (SSSR count). The van der Waals surface area contributed by atoms with E-state index in [0.717, 1.165) is 11.1 Å². The maximum atomic E-state index is 12.6. The van der Waals surface area contributed by atoms with Crippen molar-refractivity contribution in [1.29, 1.82) is 0 Å². The fourth-order valence-corrected chi connectivity index (χ4v) is 3.20. The fourth-order valence-electron chi connectivity index (χ4n) is 3.20. The molecule has 2 aromatic rings. The van der Waals surface area contributed by atoms with Gasteiger partial charge in [0.15, 0.2) is 0 Å². The number of ketones is 2. The number of carbonyl (C=O) groups excluding carboxylic acids is 3. The zero-order valence-electron chi connectivity index (χ0n) is 14.4. The van der Waals surface area contributed by atoms with E-state index in [1.54, 1.807) is 43.5 Å². The molecular formula is C20H19NO4. The van der Waals surface area contributed by atoms with Crippen molar-refractivity contribution < 1.29 is 19.1 Å². The zero-order chi connectivity index (χ0) is 18.1. The summed E-state index contributed by atoms with van der Waals surface area (Å²) in [6.45, 7) is 3.30. The Bertz CT molecular complexity index is 824. The van der Waals surface area contributed by atoms with Crippen molar-refractivity contribution in [3.8, 4) is 5.75 Å². The number of amides is 1. The van der Waals surface area contributed by atoms with Crippen LogP contribution in [-0.4, -0.2) is 24.6 Å². The van der Waals surface area contributed by atoms with Crippen molar-refractivity contribution in [3.05, 3.63) is 59.7 Å². The third-order valence-corrected chi connectivity index (χ3v) is 4.51. The van der Waals surface area contributed by atoms with Gasteiger partial charge in [0.2, 0.25) is 5.78 Å². The third kappa shape index (κ3) is 2.93. The normalized spacial score (nSPS) is 20.0. The molecule has 0 spiro atoms. The lowest BCUT2D eigenvalue weighted by Gasteiger charge is -2.27. The highest BCUT2D eigenvalue weighted by molar-refractivity contribution is 6.48. The lowest BCUT2D eigenvalue weighted by Crippen LogP contribution is -2.30. The molecule has 2 unspecified atom stereocenters. The van der Waals surface area contributed by atoms with E-state index in [0.29, 0.717) is 11.4 Å². The number of aryl methyl sites for hydroxylation is 1. The number of benzene rings is 2. The summed E-state index contributed by atoms with van der Waals surface area (Å²) < 4.78 is 5.16. The minimum atomic E-state index is -0.998. The minimum absolute atomic E-state index is 0.311. The van der Waals surface area contributed by atoms with Gasteiger partial charge in [-0.25, -0.2) is 0 Å². The van der Waals surface area contributed by atoms with Gasteiger partial charge in [0.05, 0.1) is 13.2 Å². The van der Waals surface area contributed by atoms with Crippen LogP contribution in [0.3, 0.4) is 0 Å². The van der Waals surface area contributed by atoms with Crippen LogP contribution in [-0.2, 0) is 14.4 Å². The molecule has 0 N–H and O–H groups in total. The first-order chi connectivity index (χ1) is 11.9.